The Kier molecular flexibility index (Phi) is 4.87. The van der Waals surface area contributed by atoms with Crippen LogP contribution in [0, 0.1) is 34.0 Å². The van der Waals surface area contributed by atoms with Crippen LogP contribution in [0.15, 0.2) is 51.8 Å². The highest BCUT2D eigenvalue weighted by Gasteiger charge is 2.37. The minimum atomic E-state index is -0.546. The monoisotopic (exact) mass is 349 g/mol. The lowest BCUT2D eigenvalue weighted by Gasteiger charge is -2.34. The predicted octanol–water partition coefficient (Wildman–Crippen LogP) is 1.47. The van der Waals surface area contributed by atoms with Gasteiger partial charge in [-0.15, -0.1) is 0 Å². The average molecular weight is 349 g/mol. The molecule has 1 aliphatic carbocycles. The first-order valence-corrected chi connectivity index (χ1v) is 8.63. The van der Waals surface area contributed by atoms with Gasteiger partial charge in [0.1, 0.15) is 5.84 Å². The third-order valence-corrected chi connectivity index (χ3v) is 5.23. The summed E-state index contributed by atoms with van der Waals surface area (Å²) < 4.78 is 0. The predicted molar refractivity (Wildman–Crippen MR) is 103 cm³/mol. The number of nitriles is 1. The lowest BCUT2D eigenvalue weighted by Crippen LogP contribution is -2.36. The van der Waals surface area contributed by atoms with Gasteiger partial charge in [0.2, 0.25) is 0 Å². The number of rotatable bonds is 2. The average Bonchev–Trinajstić information content (AvgIpc) is 2.64. The molecule has 0 spiro atoms. The first-order chi connectivity index (χ1) is 12.5. The van der Waals surface area contributed by atoms with E-state index in [0.29, 0.717) is 28.3 Å². The minimum Gasteiger partial charge on any atom is -0.404 e. The van der Waals surface area contributed by atoms with Gasteiger partial charge >= 0.3 is 0 Å². The van der Waals surface area contributed by atoms with Crippen LogP contribution in [-0.2, 0) is 0 Å². The number of nitrogens with two attached hydrogens (primary N) is 2. The highest BCUT2D eigenvalue weighted by molar-refractivity contribution is 6.51. The van der Waals surface area contributed by atoms with Crippen molar-refractivity contribution in [3.8, 4) is 6.07 Å². The van der Waals surface area contributed by atoms with Crippen molar-refractivity contribution < 1.29 is 0 Å². The molecule has 0 saturated carbocycles. The first kappa shape index (κ1) is 17.8. The third kappa shape index (κ3) is 3.00. The van der Waals surface area contributed by atoms with E-state index >= 15 is 0 Å². The molecule has 3 rings (SSSR count). The molecular formula is C19H23N7. The van der Waals surface area contributed by atoms with Gasteiger partial charge in [-0.2, -0.15) is 5.26 Å². The van der Waals surface area contributed by atoms with E-state index in [1.807, 2.05) is 0 Å². The molecule has 3 aliphatic rings. The van der Waals surface area contributed by atoms with Gasteiger partial charge in [0.15, 0.2) is 0 Å². The summed E-state index contributed by atoms with van der Waals surface area (Å²) >= 11 is 0. The molecule has 134 valence electrons. The fraction of sp³-hybridized carbons (Fsp3) is 0.368. The third-order valence-electron chi connectivity index (χ3n) is 5.23. The van der Waals surface area contributed by atoms with Crippen LogP contribution in [-0.4, -0.2) is 42.3 Å². The quantitative estimate of drug-likeness (QED) is 0.560. The molecule has 1 atom stereocenters. The SMILES string of the molecule is CN1CCC(C2=C(C#N)C(C3=CC=CC(=N)C3=N)/C(=C/N)C(N)=N2)CC1. The number of hydrogen-bond acceptors (Lipinski definition) is 7. The van der Waals surface area contributed by atoms with Gasteiger partial charge in [-0.05, 0) is 44.6 Å². The standard InChI is InChI=1S/C19H23N7/c1-26-7-5-11(6-8-26)18-13(9-20)16(14(10-21)19(24)25-18)12-3-2-4-15(22)17(12)23/h2-4,10-11,16,22-23H,5-8,21H2,1H3,(H2,24,25)/b14-10-,22-15?,23-17?. The van der Waals surface area contributed by atoms with Crippen molar-refractivity contribution in [1.82, 2.24) is 4.90 Å². The molecular weight excluding hydrogens is 326 g/mol. The second-order valence-electron chi connectivity index (χ2n) is 6.81. The maximum Gasteiger partial charge on any atom is 0.129 e. The van der Waals surface area contributed by atoms with Crippen molar-refractivity contribution in [2.24, 2.45) is 28.3 Å². The molecule has 7 heteroatoms. The van der Waals surface area contributed by atoms with E-state index in [0.717, 1.165) is 25.9 Å². The molecule has 1 fully saturated rings. The first-order valence-electron chi connectivity index (χ1n) is 8.63. The molecule has 2 aliphatic heterocycles. The van der Waals surface area contributed by atoms with Crippen molar-refractivity contribution in [3.63, 3.8) is 0 Å². The minimum absolute atomic E-state index is 0.0852. The number of amidine groups is 1. The van der Waals surface area contributed by atoms with Crippen LogP contribution in [0.3, 0.4) is 0 Å². The fourth-order valence-electron chi connectivity index (χ4n) is 3.74. The van der Waals surface area contributed by atoms with E-state index in [9.17, 15) is 5.26 Å². The summed E-state index contributed by atoms with van der Waals surface area (Å²) in [6.07, 6.45) is 8.23. The number of nitrogens with zero attached hydrogens (tertiary/aromatic N) is 3. The van der Waals surface area contributed by atoms with Crippen molar-refractivity contribution in [1.29, 1.82) is 16.1 Å². The van der Waals surface area contributed by atoms with Crippen LogP contribution < -0.4 is 11.5 Å². The van der Waals surface area contributed by atoms with Gasteiger partial charge in [0, 0.05) is 17.7 Å². The smallest absolute Gasteiger partial charge is 0.129 e. The van der Waals surface area contributed by atoms with Crippen LogP contribution >= 0.6 is 0 Å². The van der Waals surface area contributed by atoms with Crippen LogP contribution in [0.4, 0.5) is 0 Å². The van der Waals surface area contributed by atoms with Crippen molar-refractivity contribution in [2.75, 3.05) is 20.1 Å². The van der Waals surface area contributed by atoms with Gasteiger partial charge in [0.25, 0.3) is 0 Å². The molecule has 0 amide bonds. The van der Waals surface area contributed by atoms with E-state index in [-0.39, 0.29) is 17.3 Å². The number of aliphatic imine (C=N–C) groups is 1. The number of allylic oxidation sites excluding steroid dienone is 6. The van der Waals surface area contributed by atoms with Crippen LogP contribution in [0.1, 0.15) is 12.8 Å². The van der Waals surface area contributed by atoms with Gasteiger partial charge in [0.05, 0.1) is 34.7 Å². The normalized spacial score (nSPS) is 26.8. The van der Waals surface area contributed by atoms with Crippen molar-refractivity contribution in [3.05, 3.63) is 46.8 Å². The zero-order valence-corrected chi connectivity index (χ0v) is 14.8. The summed E-state index contributed by atoms with van der Waals surface area (Å²) in [5, 5.41) is 26.2. The molecule has 0 aromatic heterocycles. The molecule has 26 heavy (non-hydrogen) atoms. The summed E-state index contributed by atoms with van der Waals surface area (Å²) in [4.78, 5) is 6.80. The van der Waals surface area contributed by atoms with Gasteiger partial charge in [-0.1, -0.05) is 12.2 Å². The van der Waals surface area contributed by atoms with Crippen LogP contribution in [0.2, 0.25) is 0 Å². The largest absolute Gasteiger partial charge is 0.404 e. The molecule has 1 unspecified atom stereocenters. The van der Waals surface area contributed by atoms with E-state index in [1.54, 1.807) is 18.2 Å². The van der Waals surface area contributed by atoms with Gasteiger partial charge < -0.3 is 16.4 Å². The summed E-state index contributed by atoms with van der Waals surface area (Å²) in [7, 11) is 2.08. The van der Waals surface area contributed by atoms with Crippen LogP contribution in [0.25, 0.3) is 0 Å². The highest BCUT2D eigenvalue weighted by Crippen LogP contribution is 2.40. The Balaban J connectivity index is 2.11. The lowest BCUT2D eigenvalue weighted by molar-refractivity contribution is 0.236. The Bertz CT molecular complexity index is 840. The highest BCUT2D eigenvalue weighted by atomic mass is 15.1. The lowest BCUT2D eigenvalue weighted by atomic mass is 9.75. The fourth-order valence-corrected chi connectivity index (χ4v) is 3.74. The van der Waals surface area contributed by atoms with Crippen molar-refractivity contribution in [2.45, 2.75) is 12.8 Å². The maximum atomic E-state index is 9.93. The molecule has 7 nitrogen and oxygen atoms in total. The van der Waals surface area contributed by atoms with E-state index in [2.05, 4.69) is 23.0 Å². The molecule has 0 radical (unpaired) electrons. The van der Waals surface area contributed by atoms with Gasteiger partial charge in [-0.25, -0.2) is 4.99 Å². The molecule has 1 saturated heterocycles. The van der Waals surface area contributed by atoms with E-state index in [1.165, 1.54) is 6.20 Å². The van der Waals surface area contributed by atoms with E-state index in [4.69, 9.17) is 22.3 Å². The summed E-state index contributed by atoms with van der Waals surface area (Å²) in [6, 6.07) is 2.31. The second-order valence-corrected chi connectivity index (χ2v) is 6.81. The number of likely N-dealkylation sites (tertiary alicyclic amines) is 1. The van der Waals surface area contributed by atoms with E-state index < -0.39 is 5.92 Å². The summed E-state index contributed by atoms with van der Waals surface area (Å²) in [6.45, 7) is 1.89. The summed E-state index contributed by atoms with van der Waals surface area (Å²) in [5.41, 5.74) is 14.5. The van der Waals surface area contributed by atoms with Crippen molar-refractivity contribution >= 4 is 17.3 Å². The Morgan fingerprint density at radius 2 is 2.04 bits per heavy atom. The van der Waals surface area contributed by atoms with Crippen LogP contribution in [0.5, 0.6) is 0 Å². The second kappa shape index (κ2) is 7.10. The number of nitrogens with one attached hydrogen (secondary N) is 2. The molecule has 0 bridgehead atoms. The Morgan fingerprint density at radius 1 is 1.35 bits per heavy atom. The zero-order valence-electron chi connectivity index (χ0n) is 14.8. The summed E-state index contributed by atoms with van der Waals surface area (Å²) in [5.74, 6) is -0.0928. The molecule has 2 heterocycles. The molecule has 6 N–H and O–H groups in total. The number of hydrogen-bond donors (Lipinski definition) is 4. The van der Waals surface area contributed by atoms with Gasteiger partial charge in [-0.3, -0.25) is 10.8 Å². The Morgan fingerprint density at radius 3 is 2.65 bits per heavy atom. The topological polar surface area (TPSA) is 139 Å². The Hall–Kier alpha value is -2.98. The molecule has 0 aromatic carbocycles. The Labute approximate surface area is 153 Å². The molecule has 0 aromatic rings. The maximum absolute atomic E-state index is 9.93. The zero-order chi connectivity index (χ0) is 18.8. The number of piperidine rings is 1.